The zero-order valence-electron chi connectivity index (χ0n) is 15.9. The summed E-state index contributed by atoms with van der Waals surface area (Å²) in [6.45, 7) is 5.27. The Balaban J connectivity index is 1.76. The van der Waals surface area contributed by atoms with Gasteiger partial charge in [-0.3, -0.25) is 14.2 Å². The summed E-state index contributed by atoms with van der Waals surface area (Å²) < 4.78 is 25.3. The lowest BCUT2D eigenvalue weighted by Gasteiger charge is -2.19. The third-order valence-electron chi connectivity index (χ3n) is 3.81. The van der Waals surface area contributed by atoms with Crippen LogP contribution in [0.15, 0.2) is 53.6 Å². The summed E-state index contributed by atoms with van der Waals surface area (Å²) in [5.41, 5.74) is 0.175. The Morgan fingerprint density at radius 3 is 2.68 bits per heavy atom. The Labute approximate surface area is 161 Å². The highest BCUT2D eigenvalue weighted by Gasteiger charge is 2.17. The molecule has 0 saturated heterocycles. The molecule has 0 N–H and O–H groups in total. The summed E-state index contributed by atoms with van der Waals surface area (Å²) in [5.74, 6) is -0.328. The maximum Gasteiger partial charge on any atom is 0.326 e. The monoisotopic (exact) mass is 384 g/mol. The quantitative estimate of drug-likeness (QED) is 0.630. The number of halogens is 1. The van der Waals surface area contributed by atoms with Crippen molar-refractivity contribution in [1.29, 1.82) is 0 Å². The van der Waals surface area contributed by atoms with Crippen LogP contribution >= 0.6 is 0 Å². The second-order valence-corrected chi connectivity index (χ2v) is 7.36. The van der Waals surface area contributed by atoms with E-state index in [1.807, 2.05) is 0 Å². The van der Waals surface area contributed by atoms with Crippen molar-refractivity contribution in [1.82, 2.24) is 9.55 Å². The normalized spacial score (nSPS) is 11.4. The molecule has 3 aromatic rings. The SMILES string of the molecule is CC(C)(C)OC(=O)Cn1cnc2cc(OCc3cccc(F)c3)ccc2c1=O. The van der Waals surface area contributed by atoms with Crippen molar-refractivity contribution in [2.24, 2.45) is 0 Å². The van der Waals surface area contributed by atoms with Crippen LogP contribution in [0.1, 0.15) is 26.3 Å². The molecular weight excluding hydrogens is 363 g/mol. The molecule has 0 amide bonds. The number of nitrogens with zero attached hydrogens (tertiary/aromatic N) is 2. The van der Waals surface area contributed by atoms with Crippen molar-refractivity contribution in [2.45, 2.75) is 39.5 Å². The number of hydrogen-bond acceptors (Lipinski definition) is 5. The molecule has 146 valence electrons. The van der Waals surface area contributed by atoms with Gasteiger partial charge in [-0.25, -0.2) is 9.37 Å². The Hall–Kier alpha value is -3.22. The number of aromatic nitrogens is 2. The molecule has 7 heteroatoms. The van der Waals surface area contributed by atoms with Crippen LogP contribution in [0.2, 0.25) is 0 Å². The summed E-state index contributed by atoms with van der Waals surface area (Å²) >= 11 is 0. The van der Waals surface area contributed by atoms with E-state index >= 15 is 0 Å². The van der Waals surface area contributed by atoms with Crippen LogP contribution in [0.25, 0.3) is 10.9 Å². The van der Waals surface area contributed by atoms with Crippen LogP contribution < -0.4 is 10.3 Å². The number of esters is 1. The number of ether oxygens (including phenoxy) is 2. The molecule has 6 nitrogen and oxygen atoms in total. The van der Waals surface area contributed by atoms with Gasteiger partial charge in [0.1, 0.15) is 30.3 Å². The van der Waals surface area contributed by atoms with E-state index < -0.39 is 11.6 Å². The van der Waals surface area contributed by atoms with E-state index in [4.69, 9.17) is 9.47 Å². The van der Waals surface area contributed by atoms with Crippen molar-refractivity contribution in [3.63, 3.8) is 0 Å². The zero-order chi connectivity index (χ0) is 20.3. The number of carbonyl (C=O) groups excluding carboxylic acids is 1. The number of rotatable bonds is 5. The van der Waals surface area contributed by atoms with E-state index in [9.17, 15) is 14.0 Å². The number of carbonyl (C=O) groups is 1. The lowest BCUT2D eigenvalue weighted by molar-refractivity contribution is -0.155. The van der Waals surface area contributed by atoms with Crippen molar-refractivity contribution in [2.75, 3.05) is 0 Å². The minimum Gasteiger partial charge on any atom is -0.489 e. The molecule has 0 bridgehead atoms. The summed E-state index contributed by atoms with van der Waals surface area (Å²) in [6, 6.07) is 11.0. The summed E-state index contributed by atoms with van der Waals surface area (Å²) in [5, 5.41) is 0.365. The molecule has 0 aliphatic carbocycles. The van der Waals surface area contributed by atoms with Crippen LogP contribution in [-0.4, -0.2) is 21.1 Å². The molecule has 1 heterocycles. The minimum absolute atomic E-state index is 0.193. The first kappa shape index (κ1) is 19.5. The first-order chi connectivity index (χ1) is 13.2. The molecule has 0 saturated carbocycles. The maximum atomic E-state index is 13.2. The molecule has 28 heavy (non-hydrogen) atoms. The molecule has 1 aromatic heterocycles. The maximum absolute atomic E-state index is 13.2. The lowest BCUT2D eigenvalue weighted by Crippen LogP contribution is -2.30. The van der Waals surface area contributed by atoms with E-state index in [1.165, 1.54) is 23.0 Å². The predicted molar refractivity (Wildman–Crippen MR) is 103 cm³/mol. The van der Waals surface area contributed by atoms with Gasteiger partial charge in [0.15, 0.2) is 0 Å². The van der Waals surface area contributed by atoms with Gasteiger partial charge in [-0.1, -0.05) is 12.1 Å². The molecule has 0 radical (unpaired) electrons. The average molecular weight is 384 g/mol. The largest absolute Gasteiger partial charge is 0.489 e. The van der Waals surface area contributed by atoms with Crippen LogP contribution in [0.5, 0.6) is 5.75 Å². The van der Waals surface area contributed by atoms with Gasteiger partial charge < -0.3 is 9.47 Å². The van der Waals surface area contributed by atoms with Crippen LogP contribution in [0, 0.1) is 5.82 Å². The number of fused-ring (bicyclic) bond motifs is 1. The van der Waals surface area contributed by atoms with E-state index in [-0.39, 0.29) is 24.5 Å². The average Bonchev–Trinajstić information content (AvgIpc) is 2.61. The van der Waals surface area contributed by atoms with E-state index in [0.717, 1.165) is 0 Å². The molecule has 0 spiro atoms. The van der Waals surface area contributed by atoms with Gasteiger partial charge >= 0.3 is 5.97 Å². The number of hydrogen-bond donors (Lipinski definition) is 0. The van der Waals surface area contributed by atoms with Gasteiger partial charge in [-0.05, 0) is 50.6 Å². The highest BCUT2D eigenvalue weighted by atomic mass is 19.1. The molecule has 0 fully saturated rings. The van der Waals surface area contributed by atoms with Gasteiger partial charge in [0, 0.05) is 6.07 Å². The first-order valence-corrected chi connectivity index (χ1v) is 8.79. The van der Waals surface area contributed by atoms with Gasteiger partial charge in [0.2, 0.25) is 0 Å². The van der Waals surface area contributed by atoms with Crippen molar-refractivity contribution < 1.29 is 18.7 Å². The fraction of sp³-hybridized carbons (Fsp3) is 0.286. The van der Waals surface area contributed by atoms with E-state index in [1.54, 1.807) is 51.1 Å². The first-order valence-electron chi connectivity index (χ1n) is 8.79. The molecule has 0 aliphatic heterocycles. The highest BCUT2D eigenvalue weighted by molar-refractivity contribution is 5.79. The summed E-state index contributed by atoms with van der Waals surface area (Å²) in [4.78, 5) is 28.8. The minimum atomic E-state index is -0.626. The Kier molecular flexibility index (Phi) is 5.44. The summed E-state index contributed by atoms with van der Waals surface area (Å²) in [6.07, 6.45) is 1.31. The van der Waals surface area contributed by atoms with Crippen molar-refractivity contribution in [3.05, 3.63) is 70.5 Å². The Morgan fingerprint density at radius 2 is 1.96 bits per heavy atom. The zero-order valence-corrected chi connectivity index (χ0v) is 15.9. The summed E-state index contributed by atoms with van der Waals surface area (Å²) in [7, 11) is 0. The molecule has 0 aliphatic rings. The van der Waals surface area contributed by atoms with Crippen LogP contribution in [-0.2, 0) is 22.7 Å². The van der Waals surface area contributed by atoms with Crippen LogP contribution in [0.4, 0.5) is 4.39 Å². The highest BCUT2D eigenvalue weighted by Crippen LogP contribution is 2.18. The lowest BCUT2D eigenvalue weighted by atomic mass is 10.2. The molecular formula is C21H21FN2O4. The van der Waals surface area contributed by atoms with E-state index in [2.05, 4.69) is 4.98 Å². The van der Waals surface area contributed by atoms with Gasteiger partial charge in [-0.15, -0.1) is 0 Å². The fourth-order valence-electron chi connectivity index (χ4n) is 2.65. The second-order valence-electron chi connectivity index (χ2n) is 7.36. The fourth-order valence-corrected chi connectivity index (χ4v) is 2.65. The Bertz CT molecular complexity index is 1070. The molecule has 3 rings (SSSR count). The standard InChI is InChI=1S/C21H21FN2O4/c1-21(2,3)28-19(25)11-24-13-23-18-10-16(7-8-17(18)20(24)26)27-12-14-5-4-6-15(22)9-14/h4-10,13H,11-12H2,1-3H3. The van der Waals surface area contributed by atoms with Gasteiger partial charge in [0.25, 0.3) is 5.56 Å². The van der Waals surface area contributed by atoms with E-state index in [0.29, 0.717) is 22.2 Å². The smallest absolute Gasteiger partial charge is 0.326 e. The van der Waals surface area contributed by atoms with Gasteiger partial charge in [0.05, 0.1) is 17.2 Å². The number of benzene rings is 2. The predicted octanol–water partition coefficient (Wildman–Crippen LogP) is 3.46. The van der Waals surface area contributed by atoms with Crippen molar-refractivity contribution in [3.8, 4) is 5.75 Å². The van der Waals surface area contributed by atoms with Crippen molar-refractivity contribution >= 4 is 16.9 Å². The second kappa shape index (κ2) is 7.80. The molecule has 2 aromatic carbocycles. The third kappa shape index (κ3) is 4.94. The van der Waals surface area contributed by atoms with Gasteiger partial charge in [-0.2, -0.15) is 0 Å². The topological polar surface area (TPSA) is 70.4 Å². The molecule has 0 unspecified atom stereocenters. The molecule has 0 atom stereocenters. The third-order valence-corrected chi connectivity index (χ3v) is 3.81. The van der Waals surface area contributed by atoms with Crippen LogP contribution in [0.3, 0.4) is 0 Å². The Morgan fingerprint density at radius 1 is 1.18 bits per heavy atom.